The number of carbonyl (C=O) groups excluding carboxylic acids is 1. The van der Waals surface area contributed by atoms with Crippen LogP contribution in [-0.4, -0.2) is 42.0 Å². The van der Waals surface area contributed by atoms with Crippen LogP contribution in [0.5, 0.6) is 5.75 Å². The largest absolute Gasteiger partial charge is 0.495 e. The molecule has 1 aromatic carbocycles. The lowest BCUT2D eigenvalue weighted by Gasteiger charge is -2.11. The van der Waals surface area contributed by atoms with Gasteiger partial charge in [-0.1, -0.05) is 23.9 Å². The van der Waals surface area contributed by atoms with E-state index < -0.39 is 0 Å². The summed E-state index contributed by atoms with van der Waals surface area (Å²) >= 11 is 1.42. The molecule has 0 aliphatic carbocycles. The highest BCUT2D eigenvalue weighted by atomic mass is 32.2. The smallest absolute Gasteiger partial charge is 0.234 e. The van der Waals surface area contributed by atoms with Gasteiger partial charge in [0, 0.05) is 19.3 Å². The van der Waals surface area contributed by atoms with Gasteiger partial charge in [0.2, 0.25) is 5.91 Å². The first-order valence-corrected chi connectivity index (χ1v) is 8.63. The predicted octanol–water partition coefficient (Wildman–Crippen LogP) is 2.89. The van der Waals surface area contributed by atoms with Crippen LogP contribution in [0.1, 0.15) is 11.4 Å². The van der Waals surface area contributed by atoms with Crippen molar-refractivity contribution in [2.45, 2.75) is 25.5 Å². The summed E-state index contributed by atoms with van der Waals surface area (Å²) in [6.45, 7) is 5.33. The van der Waals surface area contributed by atoms with E-state index in [0.717, 1.165) is 23.1 Å². The first-order chi connectivity index (χ1) is 11.6. The maximum atomic E-state index is 12.2. The second-order valence-corrected chi connectivity index (χ2v) is 6.19. The zero-order valence-electron chi connectivity index (χ0n) is 14.5. The van der Waals surface area contributed by atoms with E-state index in [4.69, 9.17) is 9.47 Å². The van der Waals surface area contributed by atoms with Gasteiger partial charge in [0.05, 0.1) is 30.9 Å². The molecule has 0 saturated carbocycles. The van der Waals surface area contributed by atoms with E-state index in [9.17, 15) is 4.79 Å². The van der Waals surface area contributed by atoms with Gasteiger partial charge in [-0.25, -0.2) is 4.98 Å². The molecule has 7 heteroatoms. The summed E-state index contributed by atoms with van der Waals surface area (Å²) in [5, 5.41) is 3.70. The van der Waals surface area contributed by atoms with Crippen molar-refractivity contribution in [2.24, 2.45) is 0 Å². The molecule has 0 unspecified atom stereocenters. The molecule has 0 saturated heterocycles. The van der Waals surface area contributed by atoms with E-state index in [2.05, 4.69) is 14.9 Å². The molecule has 0 aliphatic heterocycles. The van der Waals surface area contributed by atoms with Crippen molar-refractivity contribution in [2.75, 3.05) is 31.9 Å². The van der Waals surface area contributed by atoms with Gasteiger partial charge in [-0.15, -0.1) is 0 Å². The lowest BCUT2D eigenvalue weighted by Crippen LogP contribution is -2.15. The number of rotatable bonds is 8. The van der Waals surface area contributed by atoms with Crippen molar-refractivity contribution in [3.05, 3.63) is 35.7 Å². The van der Waals surface area contributed by atoms with Crippen LogP contribution in [0.4, 0.5) is 5.69 Å². The van der Waals surface area contributed by atoms with Crippen molar-refractivity contribution >= 4 is 23.4 Å². The molecule has 1 aromatic heterocycles. The molecule has 130 valence electrons. The summed E-state index contributed by atoms with van der Waals surface area (Å²) in [7, 11) is 3.25. The number of aromatic nitrogens is 2. The standard InChI is InChI=1S/C17H23N3O3S/c1-12-13(2)20(9-10-22-3)17(18-12)24-11-16(21)19-14-7-5-6-8-15(14)23-4/h5-8H,9-11H2,1-4H3,(H,19,21). The maximum absolute atomic E-state index is 12.2. The minimum atomic E-state index is -0.0962. The van der Waals surface area contributed by atoms with Crippen molar-refractivity contribution in [1.29, 1.82) is 0 Å². The Kier molecular flexibility index (Phi) is 6.69. The number of anilines is 1. The quantitative estimate of drug-likeness (QED) is 0.743. The molecular weight excluding hydrogens is 326 g/mol. The van der Waals surface area contributed by atoms with Gasteiger partial charge in [-0.05, 0) is 26.0 Å². The molecule has 24 heavy (non-hydrogen) atoms. The van der Waals surface area contributed by atoms with Crippen molar-refractivity contribution in [3.63, 3.8) is 0 Å². The number of carbonyl (C=O) groups is 1. The molecule has 0 atom stereocenters. The third-order valence-corrected chi connectivity index (χ3v) is 4.63. The Bertz CT molecular complexity index is 700. The molecule has 0 aliphatic rings. The van der Waals surface area contributed by atoms with Crippen molar-refractivity contribution in [1.82, 2.24) is 9.55 Å². The van der Waals surface area contributed by atoms with Crippen LogP contribution in [0, 0.1) is 13.8 Å². The zero-order valence-corrected chi connectivity index (χ0v) is 15.3. The molecule has 1 amide bonds. The Morgan fingerprint density at radius 1 is 1.29 bits per heavy atom. The average molecular weight is 349 g/mol. The van der Waals surface area contributed by atoms with Gasteiger partial charge in [0.15, 0.2) is 5.16 Å². The van der Waals surface area contributed by atoms with Crippen LogP contribution in [0.3, 0.4) is 0 Å². The average Bonchev–Trinajstić information content (AvgIpc) is 2.85. The summed E-state index contributed by atoms with van der Waals surface area (Å²) in [6.07, 6.45) is 0. The highest BCUT2D eigenvalue weighted by molar-refractivity contribution is 7.99. The summed E-state index contributed by atoms with van der Waals surface area (Å²) < 4.78 is 12.5. The topological polar surface area (TPSA) is 65.4 Å². The van der Waals surface area contributed by atoms with E-state index in [1.54, 1.807) is 14.2 Å². The van der Waals surface area contributed by atoms with Gasteiger partial charge in [0.1, 0.15) is 5.75 Å². The first kappa shape index (κ1) is 18.4. The van der Waals surface area contributed by atoms with Gasteiger partial charge in [-0.3, -0.25) is 4.79 Å². The summed E-state index contributed by atoms with van der Waals surface area (Å²) in [5.74, 6) is 0.825. The number of ether oxygens (including phenoxy) is 2. The van der Waals surface area contributed by atoms with Crippen LogP contribution in [-0.2, 0) is 16.1 Å². The minimum absolute atomic E-state index is 0.0962. The Balaban J connectivity index is 2.00. The van der Waals surface area contributed by atoms with Gasteiger partial charge >= 0.3 is 0 Å². The van der Waals surface area contributed by atoms with Gasteiger partial charge in [-0.2, -0.15) is 0 Å². The Labute approximate surface area is 146 Å². The number of thioether (sulfide) groups is 1. The molecule has 0 fully saturated rings. The summed E-state index contributed by atoms with van der Waals surface area (Å²) in [5.41, 5.74) is 2.74. The number of hydrogen-bond donors (Lipinski definition) is 1. The maximum Gasteiger partial charge on any atom is 0.234 e. The molecule has 1 heterocycles. The first-order valence-electron chi connectivity index (χ1n) is 7.65. The summed E-state index contributed by atoms with van der Waals surface area (Å²) in [4.78, 5) is 16.8. The normalized spacial score (nSPS) is 10.7. The van der Waals surface area contributed by atoms with E-state index in [0.29, 0.717) is 18.0 Å². The van der Waals surface area contributed by atoms with Gasteiger partial charge in [0.25, 0.3) is 0 Å². The van der Waals surface area contributed by atoms with E-state index in [1.807, 2.05) is 38.1 Å². The summed E-state index contributed by atoms with van der Waals surface area (Å²) in [6, 6.07) is 7.35. The number of amides is 1. The minimum Gasteiger partial charge on any atom is -0.495 e. The molecule has 1 N–H and O–H groups in total. The predicted molar refractivity (Wildman–Crippen MR) is 95.9 cm³/mol. The molecule has 2 aromatic rings. The molecule has 2 rings (SSSR count). The fourth-order valence-corrected chi connectivity index (χ4v) is 3.16. The number of para-hydroxylation sites is 2. The number of imidazole rings is 1. The Morgan fingerprint density at radius 2 is 2.04 bits per heavy atom. The third-order valence-electron chi connectivity index (χ3n) is 3.66. The second-order valence-electron chi connectivity index (χ2n) is 5.25. The van der Waals surface area contributed by atoms with Crippen molar-refractivity contribution < 1.29 is 14.3 Å². The molecular formula is C17H23N3O3S. The van der Waals surface area contributed by atoms with Crippen LogP contribution < -0.4 is 10.1 Å². The van der Waals surface area contributed by atoms with E-state index in [-0.39, 0.29) is 11.7 Å². The van der Waals surface area contributed by atoms with Crippen LogP contribution in [0.25, 0.3) is 0 Å². The fraction of sp³-hybridized carbons (Fsp3) is 0.412. The van der Waals surface area contributed by atoms with Crippen LogP contribution >= 0.6 is 11.8 Å². The highest BCUT2D eigenvalue weighted by Gasteiger charge is 2.14. The second kappa shape index (κ2) is 8.75. The molecule has 6 nitrogen and oxygen atoms in total. The van der Waals surface area contributed by atoms with Crippen molar-refractivity contribution in [3.8, 4) is 5.75 Å². The van der Waals surface area contributed by atoms with E-state index in [1.165, 1.54) is 11.8 Å². The van der Waals surface area contributed by atoms with Gasteiger partial charge < -0.3 is 19.4 Å². The zero-order chi connectivity index (χ0) is 17.5. The molecule has 0 spiro atoms. The van der Waals surface area contributed by atoms with Crippen LogP contribution in [0.2, 0.25) is 0 Å². The Morgan fingerprint density at radius 3 is 2.75 bits per heavy atom. The number of benzene rings is 1. The lowest BCUT2D eigenvalue weighted by atomic mass is 10.3. The monoisotopic (exact) mass is 349 g/mol. The highest BCUT2D eigenvalue weighted by Crippen LogP contribution is 2.25. The SMILES string of the molecule is COCCn1c(SCC(=O)Nc2ccccc2OC)nc(C)c1C. The number of aryl methyl sites for hydroxylation is 1. The molecule has 0 radical (unpaired) electrons. The third kappa shape index (κ3) is 4.52. The number of nitrogens with one attached hydrogen (secondary N) is 1. The number of nitrogens with zero attached hydrogens (tertiary/aromatic N) is 2. The Hall–Kier alpha value is -1.99. The fourth-order valence-electron chi connectivity index (χ4n) is 2.24. The lowest BCUT2D eigenvalue weighted by molar-refractivity contribution is -0.113. The van der Waals surface area contributed by atoms with Crippen LogP contribution in [0.15, 0.2) is 29.4 Å². The molecule has 0 bridgehead atoms. The van der Waals surface area contributed by atoms with E-state index >= 15 is 0 Å². The number of methoxy groups -OCH3 is 2. The number of hydrogen-bond acceptors (Lipinski definition) is 5.